The molecule has 0 bridgehead atoms. The van der Waals surface area contributed by atoms with Gasteiger partial charge in [-0.2, -0.15) is 0 Å². The molecular weight excluding hydrogens is 321 g/mol. The second-order valence-corrected chi connectivity index (χ2v) is 6.30. The van der Waals surface area contributed by atoms with Crippen molar-refractivity contribution in [1.82, 2.24) is 14.5 Å². The zero-order chi connectivity index (χ0) is 15.4. The Labute approximate surface area is 140 Å². The molecule has 0 aliphatic carbocycles. The molecule has 118 valence electrons. The molecule has 4 nitrogen and oxygen atoms in total. The van der Waals surface area contributed by atoms with E-state index in [0.29, 0.717) is 10.0 Å². The minimum Gasteiger partial charge on any atom is -0.371 e. The maximum absolute atomic E-state index is 6.10. The summed E-state index contributed by atoms with van der Waals surface area (Å²) in [6.07, 6.45) is 6.84. The molecule has 0 saturated carbocycles. The van der Waals surface area contributed by atoms with E-state index in [9.17, 15) is 0 Å². The van der Waals surface area contributed by atoms with Crippen LogP contribution in [0.15, 0.2) is 36.9 Å². The highest BCUT2D eigenvalue weighted by molar-refractivity contribution is 6.42. The van der Waals surface area contributed by atoms with E-state index < -0.39 is 0 Å². The summed E-state index contributed by atoms with van der Waals surface area (Å²) >= 11 is 12.1. The molecule has 1 fully saturated rings. The molecule has 22 heavy (non-hydrogen) atoms. The lowest BCUT2D eigenvalue weighted by Gasteiger charge is -2.33. The number of ether oxygens (including phenoxy) is 1. The fourth-order valence-electron chi connectivity index (χ4n) is 2.72. The lowest BCUT2D eigenvalue weighted by molar-refractivity contribution is -0.0304. The molecule has 0 radical (unpaired) electrons. The van der Waals surface area contributed by atoms with Crippen LogP contribution in [0.4, 0.5) is 0 Å². The van der Waals surface area contributed by atoms with Gasteiger partial charge < -0.3 is 9.30 Å². The van der Waals surface area contributed by atoms with Crippen molar-refractivity contribution in [2.45, 2.75) is 19.1 Å². The Hall–Kier alpha value is -1.07. The number of hydrogen-bond donors (Lipinski definition) is 0. The molecule has 2 aromatic rings. The average Bonchev–Trinajstić information content (AvgIpc) is 3.04. The molecule has 1 saturated heterocycles. The molecule has 1 aliphatic heterocycles. The monoisotopic (exact) mass is 339 g/mol. The first-order valence-corrected chi connectivity index (χ1v) is 8.22. The van der Waals surface area contributed by atoms with Gasteiger partial charge in [0.2, 0.25) is 0 Å². The predicted molar refractivity (Wildman–Crippen MR) is 88.4 cm³/mol. The number of morpholine rings is 1. The van der Waals surface area contributed by atoms with Crippen LogP contribution < -0.4 is 0 Å². The largest absolute Gasteiger partial charge is 0.371 e. The number of aromatic nitrogens is 2. The summed E-state index contributed by atoms with van der Waals surface area (Å²) in [5.74, 6) is 0. The van der Waals surface area contributed by atoms with Gasteiger partial charge >= 0.3 is 0 Å². The predicted octanol–water partition coefficient (Wildman–Crippen LogP) is 3.65. The summed E-state index contributed by atoms with van der Waals surface area (Å²) in [6.45, 7) is 4.66. The van der Waals surface area contributed by atoms with Crippen LogP contribution in [-0.4, -0.2) is 40.7 Å². The van der Waals surface area contributed by atoms with Crippen molar-refractivity contribution >= 4 is 23.2 Å². The quantitative estimate of drug-likeness (QED) is 0.832. The zero-order valence-electron chi connectivity index (χ0n) is 12.3. The highest BCUT2D eigenvalue weighted by Crippen LogP contribution is 2.29. The molecule has 1 aromatic heterocycles. The van der Waals surface area contributed by atoms with Crippen LogP contribution in [0.3, 0.4) is 0 Å². The van der Waals surface area contributed by atoms with E-state index in [1.807, 2.05) is 36.9 Å². The number of nitrogens with zero attached hydrogens (tertiary/aromatic N) is 3. The molecule has 2 heterocycles. The Kier molecular flexibility index (Phi) is 5.37. The molecule has 1 aromatic carbocycles. The second kappa shape index (κ2) is 7.47. The van der Waals surface area contributed by atoms with Gasteiger partial charge in [0.05, 0.1) is 29.1 Å². The minimum atomic E-state index is 0.0664. The molecule has 1 atom stereocenters. The Bertz CT molecular complexity index is 603. The van der Waals surface area contributed by atoms with E-state index in [1.54, 1.807) is 0 Å². The van der Waals surface area contributed by atoms with Crippen LogP contribution >= 0.6 is 23.2 Å². The van der Waals surface area contributed by atoms with Crippen LogP contribution in [0.1, 0.15) is 18.1 Å². The van der Waals surface area contributed by atoms with Gasteiger partial charge in [-0.25, -0.2) is 4.98 Å². The van der Waals surface area contributed by atoms with Crippen LogP contribution in [0.2, 0.25) is 10.0 Å². The topological polar surface area (TPSA) is 30.3 Å². The smallest absolute Gasteiger partial charge is 0.0952 e. The van der Waals surface area contributed by atoms with Gasteiger partial charge in [0.1, 0.15) is 0 Å². The first-order valence-electron chi connectivity index (χ1n) is 7.47. The van der Waals surface area contributed by atoms with E-state index in [1.165, 1.54) is 0 Å². The van der Waals surface area contributed by atoms with Gasteiger partial charge in [-0.3, -0.25) is 4.90 Å². The Morgan fingerprint density at radius 1 is 1.23 bits per heavy atom. The van der Waals surface area contributed by atoms with Crippen molar-refractivity contribution in [1.29, 1.82) is 0 Å². The summed E-state index contributed by atoms with van der Waals surface area (Å²) in [6, 6.07) is 5.73. The summed E-state index contributed by atoms with van der Waals surface area (Å²) < 4.78 is 7.99. The number of halogens is 2. The average molecular weight is 340 g/mol. The fraction of sp³-hybridized carbons (Fsp3) is 0.438. The molecule has 3 rings (SSSR count). The van der Waals surface area contributed by atoms with Crippen LogP contribution in [0.25, 0.3) is 0 Å². The van der Waals surface area contributed by atoms with Gasteiger partial charge in [-0.05, 0) is 24.1 Å². The number of benzene rings is 1. The van der Waals surface area contributed by atoms with E-state index >= 15 is 0 Å². The van der Waals surface area contributed by atoms with Crippen LogP contribution in [-0.2, 0) is 11.3 Å². The van der Waals surface area contributed by atoms with E-state index in [0.717, 1.165) is 44.8 Å². The molecule has 0 amide bonds. The summed E-state index contributed by atoms with van der Waals surface area (Å²) in [7, 11) is 0. The van der Waals surface area contributed by atoms with Crippen molar-refractivity contribution in [3.8, 4) is 0 Å². The lowest BCUT2D eigenvalue weighted by atomic mass is 10.1. The zero-order valence-corrected chi connectivity index (χ0v) is 13.8. The molecule has 0 N–H and O–H groups in total. The van der Waals surface area contributed by atoms with Crippen molar-refractivity contribution < 1.29 is 4.74 Å². The third-order valence-corrected chi connectivity index (χ3v) is 4.65. The van der Waals surface area contributed by atoms with Crippen molar-refractivity contribution in [3.63, 3.8) is 0 Å². The van der Waals surface area contributed by atoms with E-state index in [-0.39, 0.29) is 6.10 Å². The van der Waals surface area contributed by atoms with Gasteiger partial charge in [0.25, 0.3) is 0 Å². The number of aryl methyl sites for hydroxylation is 1. The normalized spacial score (nSPS) is 19.5. The maximum Gasteiger partial charge on any atom is 0.0952 e. The minimum absolute atomic E-state index is 0.0664. The van der Waals surface area contributed by atoms with E-state index in [4.69, 9.17) is 27.9 Å². The summed E-state index contributed by atoms with van der Waals surface area (Å²) in [4.78, 5) is 6.50. The van der Waals surface area contributed by atoms with Gasteiger partial charge in [-0.15, -0.1) is 0 Å². The fourth-order valence-corrected chi connectivity index (χ4v) is 3.02. The Balaban J connectivity index is 1.53. The van der Waals surface area contributed by atoms with E-state index in [2.05, 4.69) is 14.5 Å². The van der Waals surface area contributed by atoms with Crippen molar-refractivity contribution in [2.24, 2.45) is 0 Å². The Morgan fingerprint density at radius 2 is 2.14 bits per heavy atom. The molecular formula is C16H19Cl2N3O. The van der Waals surface area contributed by atoms with Gasteiger partial charge in [-0.1, -0.05) is 29.3 Å². The lowest BCUT2D eigenvalue weighted by Crippen LogP contribution is -2.39. The highest BCUT2D eigenvalue weighted by atomic mass is 35.5. The number of rotatable bonds is 5. The first-order chi connectivity index (χ1) is 10.7. The second-order valence-electron chi connectivity index (χ2n) is 5.49. The summed E-state index contributed by atoms with van der Waals surface area (Å²) in [5.41, 5.74) is 1.09. The van der Waals surface area contributed by atoms with Crippen molar-refractivity contribution in [2.75, 3.05) is 26.2 Å². The number of hydrogen-bond acceptors (Lipinski definition) is 3. The molecule has 0 unspecified atom stereocenters. The highest BCUT2D eigenvalue weighted by Gasteiger charge is 2.22. The standard InChI is InChI=1S/C16H19Cl2N3O/c17-14-3-2-13(10-15(14)18)16-11-20(8-9-22-16)5-1-6-21-7-4-19-12-21/h2-4,7,10,12,16H,1,5-6,8-9,11H2/t16-/m0/s1. The van der Waals surface area contributed by atoms with Crippen LogP contribution in [0, 0.1) is 0 Å². The summed E-state index contributed by atoms with van der Waals surface area (Å²) in [5, 5.41) is 1.17. The third-order valence-electron chi connectivity index (χ3n) is 3.92. The van der Waals surface area contributed by atoms with Crippen LogP contribution in [0.5, 0.6) is 0 Å². The van der Waals surface area contributed by atoms with Gasteiger partial charge in [0.15, 0.2) is 0 Å². The third kappa shape index (κ3) is 4.02. The molecule has 6 heteroatoms. The van der Waals surface area contributed by atoms with Gasteiger partial charge in [0, 0.05) is 38.6 Å². The molecule has 1 aliphatic rings. The number of imidazole rings is 1. The first kappa shape index (κ1) is 15.8. The maximum atomic E-state index is 6.10. The Morgan fingerprint density at radius 3 is 2.91 bits per heavy atom. The SMILES string of the molecule is Clc1ccc([C@@H]2CN(CCCn3ccnc3)CCO2)cc1Cl. The van der Waals surface area contributed by atoms with Crippen molar-refractivity contribution in [3.05, 3.63) is 52.5 Å². The molecule has 0 spiro atoms.